The molecule has 1 N–H and O–H groups in total. The summed E-state index contributed by atoms with van der Waals surface area (Å²) in [5.74, 6) is 1.25. The predicted molar refractivity (Wildman–Crippen MR) is 93.6 cm³/mol. The van der Waals surface area contributed by atoms with Crippen LogP contribution < -0.4 is 9.64 Å². The Balaban J connectivity index is 1.55. The number of aliphatic hydroxyl groups is 1. The van der Waals surface area contributed by atoms with Crippen molar-refractivity contribution < 1.29 is 9.84 Å². The second kappa shape index (κ2) is 7.79. The molecule has 0 saturated carbocycles. The number of hydrogen-bond acceptors (Lipinski definition) is 6. The van der Waals surface area contributed by atoms with Crippen LogP contribution in [0.1, 0.15) is 11.7 Å². The molecule has 1 saturated heterocycles. The van der Waals surface area contributed by atoms with Gasteiger partial charge in [-0.25, -0.2) is 4.98 Å². The number of ether oxygens (including phenoxy) is 1. The van der Waals surface area contributed by atoms with Gasteiger partial charge in [-0.1, -0.05) is 23.7 Å². The number of nitrogens with zero attached hydrogens (tertiary/aromatic N) is 4. The van der Waals surface area contributed by atoms with Crippen LogP contribution in [0.2, 0.25) is 5.02 Å². The highest BCUT2D eigenvalue weighted by molar-refractivity contribution is 6.30. The number of aliphatic hydroxyl groups excluding tert-OH is 1. The molecule has 1 aromatic heterocycles. The van der Waals surface area contributed by atoms with Crippen LogP contribution in [0.4, 0.5) is 5.95 Å². The van der Waals surface area contributed by atoms with Crippen molar-refractivity contribution in [2.75, 3.05) is 44.7 Å². The maximum absolute atomic E-state index is 10.4. The van der Waals surface area contributed by atoms with Gasteiger partial charge in [0.1, 0.15) is 0 Å². The van der Waals surface area contributed by atoms with Crippen molar-refractivity contribution >= 4 is 17.5 Å². The highest BCUT2D eigenvalue weighted by atomic mass is 35.5. The van der Waals surface area contributed by atoms with Gasteiger partial charge in [0, 0.05) is 50.0 Å². The number of β-amino-alcohol motifs (C(OH)–C–C–N with tert-alkyl or cyclic N) is 1. The van der Waals surface area contributed by atoms with Crippen molar-refractivity contribution in [3.05, 3.63) is 47.1 Å². The third-order valence-electron chi connectivity index (χ3n) is 4.15. The zero-order valence-electron chi connectivity index (χ0n) is 13.6. The molecule has 2 aromatic rings. The number of anilines is 1. The summed E-state index contributed by atoms with van der Waals surface area (Å²) in [6.07, 6.45) is 1.17. The predicted octanol–water partition coefficient (Wildman–Crippen LogP) is 1.99. The minimum Gasteiger partial charge on any atom is -0.481 e. The Morgan fingerprint density at radius 1 is 1.25 bits per heavy atom. The van der Waals surface area contributed by atoms with E-state index in [-0.39, 0.29) is 0 Å². The van der Waals surface area contributed by atoms with E-state index >= 15 is 0 Å². The van der Waals surface area contributed by atoms with Crippen LogP contribution in [0, 0.1) is 0 Å². The molecule has 1 aliphatic rings. The van der Waals surface area contributed by atoms with Crippen LogP contribution in [-0.4, -0.2) is 59.8 Å². The van der Waals surface area contributed by atoms with E-state index in [1.807, 2.05) is 24.3 Å². The number of benzene rings is 1. The largest absolute Gasteiger partial charge is 0.481 e. The van der Waals surface area contributed by atoms with Gasteiger partial charge in [0.2, 0.25) is 11.8 Å². The molecule has 0 radical (unpaired) electrons. The molecule has 7 heteroatoms. The van der Waals surface area contributed by atoms with Crippen LogP contribution >= 0.6 is 11.6 Å². The minimum absolute atomic E-state index is 0.539. The molecule has 1 aromatic carbocycles. The normalized spacial score (nSPS) is 16.9. The lowest BCUT2D eigenvalue weighted by atomic mass is 10.1. The summed E-state index contributed by atoms with van der Waals surface area (Å²) in [6.45, 7) is 3.91. The van der Waals surface area contributed by atoms with Gasteiger partial charge >= 0.3 is 0 Å². The molecule has 1 atom stereocenters. The standard InChI is InChI=1S/C17H21ClN4O2/c1-24-16-5-6-19-17(20-16)22-9-7-21(8-10-22)12-15(23)13-3-2-4-14(18)11-13/h2-6,11,15,23H,7-10,12H2,1H3. The molecule has 1 fully saturated rings. The third-order valence-corrected chi connectivity index (χ3v) is 4.38. The molecule has 6 nitrogen and oxygen atoms in total. The van der Waals surface area contributed by atoms with Crippen molar-refractivity contribution in [2.24, 2.45) is 0 Å². The van der Waals surface area contributed by atoms with Gasteiger partial charge in [0.05, 0.1) is 13.2 Å². The van der Waals surface area contributed by atoms with Crippen LogP contribution in [0.3, 0.4) is 0 Å². The summed E-state index contributed by atoms with van der Waals surface area (Å²) in [5, 5.41) is 11.0. The summed E-state index contributed by atoms with van der Waals surface area (Å²) < 4.78 is 5.15. The lowest BCUT2D eigenvalue weighted by molar-refractivity contribution is 0.109. The molecular weight excluding hydrogens is 328 g/mol. The van der Waals surface area contributed by atoms with E-state index in [0.717, 1.165) is 31.7 Å². The van der Waals surface area contributed by atoms with Gasteiger partial charge in [0.25, 0.3) is 0 Å². The fraction of sp³-hybridized carbons (Fsp3) is 0.412. The molecule has 0 aliphatic carbocycles. The van der Waals surface area contributed by atoms with E-state index in [9.17, 15) is 5.11 Å². The molecule has 2 heterocycles. The number of hydrogen-bond donors (Lipinski definition) is 1. The second-order valence-corrected chi connectivity index (χ2v) is 6.19. The first-order valence-corrected chi connectivity index (χ1v) is 8.31. The van der Waals surface area contributed by atoms with Crippen molar-refractivity contribution in [3.8, 4) is 5.88 Å². The highest BCUT2D eigenvalue weighted by Crippen LogP contribution is 2.20. The zero-order chi connectivity index (χ0) is 16.9. The Labute approximate surface area is 146 Å². The molecule has 0 bridgehead atoms. The number of piperazine rings is 1. The number of methoxy groups -OCH3 is 1. The molecule has 3 rings (SSSR count). The van der Waals surface area contributed by atoms with Gasteiger partial charge in [-0.3, -0.25) is 4.90 Å². The SMILES string of the molecule is COc1ccnc(N2CCN(CC(O)c3cccc(Cl)c3)CC2)n1. The fourth-order valence-electron chi connectivity index (χ4n) is 2.79. The van der Waals surface area contributed by atoms with E-state index in [4.69, 9.17) is 16.3 Å². The quantitative estimate of drug-likeness (QED) is 0.891. The Bertz CT molecular complexity index is 677. The van der Waals surface area contributed by atoms with Crippen LogP contribution in [0.25, 0.3) is 0 Å². The van der Waals surface area contributed by atoms with Crippen LogP contribution in [0.5, 0.6) is 5.88 Å². The maximum Gasteiger partial charge on any atom is 0.228 e. The molecule has 1 aliphatic heterocycles. The molecule has 1 unspecified atom stereocenters. The molecule has 0 spiro atoms. The van der Waals surface area contributed by atoms with E-state index in [2.05, 4.69) is 19.8 Å². The van der Waals surface area contributed by atoms with Gasteiger partial charge in [-0.05, 0) is 17.7 Å². The zero-order valence-corrected chi connectivity index (χ0v) is 14.4. The first kappa shape index (κ1) is 17.0. The highest BCUT2D eigenvalue weighted by Gasteiger charge is 2.21. The van der Waals surface area contributed by atoms with E-state index in [1.165, 1.54) is 0 Å². The summed E-state index contributed by atoms with van der Waals surface area (Å²) in [5.41, 5.74) is 0.848. The average molecular weight is 349 g/mol. The first-order chi connectivity index (χ1) is 11.7. The van der Waals surface area contributed by atoms with E-state index < -0.39 is 6.10 Å². The Morgan fingerprint density at radius 3 is 2.75 bits per heavy atom. The number of aromatic nitrogens is 2. The lowest BCUT2D eigenvalue weighted by Gasteiger charge is -2.35. The summed E-state index contributed by atoms with van der Waals surface area (Å²) in [7, 11) is 1.60. The summed E-state index contributed by atoms with van der Waals surface area (Å²) >= 11 is 5.99. The summed E-state index contributed by atoms with van der Waals surface area (Å²) in [4.78, 5) is 13.0. The molecular formula is C17H21ClN4O2. The van der Waals surface area contributed by atoms with Gasteiger partial charge < -0.3 is 14.7 Å². The van der Waals surface area contributed by atoms with Crippen LogP contribution in [-0.2, 0) is 0 Å². The molecule has 0 amide bonds. The third kappa shape index (κ3) is 4.14. The number of rotatable bonds is 5. The van der Waals surface area contributed by atoms with Crippen molar-refractivity contribution in [3.63, 3.8) is 0 Å². The number of halogens is 1. The van der Waals surface area contributed by atoms with Crippen molar-refractivity contribution in [1.82, 2.24) is 14.9 Å². The van der Waals surface area contributed by atoms with Gasteiger partial charge in [-0.15, -0.1) is 0 Å². The molecule has 128 valence electrons. The Hall–Kier alpha value is -1.89. The van der Waals surface area contributed by atoms with Crippen molar-refractivity contribution in [2.45, 2.75) is 6.10 Å². The fourth-order valence-corrected chi connectivity index (χ4v) is 2.99. The van der Waals surface area contributed by atoms with Crippen LogP contribution in [0.15, 0.2) is 36.5 Å². The Kier molecular flexibility index (Phi) is 5.50. The topological polar surface area (TPSA) is 61.7 Å². The second-order valence-electron chi connectivity index (χ2n) is 5.76. The lowest BCUT2D eigenvalue weighted by Crippen LogP contribution is -2.48. The van der Waals surface area contributed by atoms with E-state index in [1.54, 1.807) is 19.4 Å². The molecule has 24 heavy (non-hydrogen) atoms. The maximum atomic E-state index is 10.4. The minimum atomic E-state index is -0.539. The average Bonchev–Trinajstić information content (AvgIpc) is 2.62. The van der Waals surface area contributed by atoms with E-state index in [0.29, 0.717) is 23.4 Å². The first-order valence-electron chi connectivity index (χ1n) is 7.93. The summed E-state index contributed by atoms with van der Waals surface area (Å²) in [6, 6.07) is 9.12. The monoisotopic (exact) mass is 348 g/mol. The Morgan fingerprint density at radius 2 is 2.04 bits per heavy atom. The van der Waals surface area contributed by atoms with Gasteiger partial charge in [0.15, 0.2) is 0 Å². The van der Waals surface area contributed by atoms with Gasteiger partial charge in [-0.2, -0.15) is 4.98 Å². The van der Waals surface area contributed by atoms with Crippen molar-refractivity contribution in [1.29, 1.82) is 0 Å². The smallest absolute Gasteiger partial charge is 0.228 e.